The lowest BCUT2D eigenvalue weighted by Gasteiger charge is -2.14. The third-order valence-corrected chi connectivity index (χ3v) is 3.52. The number of H-pyrrole nitrogens is 1. The van der Waals surface area contributed by atoms with Gasteiger partial charge in [-0.3, -0.25) is 0 Å². The summed E-state index contributed by atoms with van der Waals surface area (Å²) in [4.78, 5) is 7.41. The summed E-state index contributed by atoms with van der Waals surface area (Å²) >= 11 is 0. The first-order chi connectivity index (χ1) is 9.76. The number of nitrogens with zero attached hydrogens (tertiary/aromatic N) is 1. The molecule has 0 amide bonds. The fraction of sp³-hybridized carbons (Fsp3) is 0.438. The first-order valence-electron chi connectivity index (χ1n) is 7.19. The molecule has 3 N–H and O–H groups in total. The molecular formula is C16H23N3O. The number of hydrogen-bond acceptors (Lipinski definition) is 3. The van der Waals surface area contributed by atoms with E-state index in [9.17, 15) is 0 Å². The monoisotopic (exact) mass is 273 g/mol. The smallest absolute Gasteiger partial charge is 0.141 e. The summed E-state index contributed by atoms with van der Waals surface area (Å²) in [5, 5.41) is 0. The highest BCUT2D eigenvalue weighted by Crippen LogP contribution is 2.31. The molecule has 0 aliphatic carbocycles. The van der Waals surface area contributed by atoms with E-state index in [0.29, 0.717) is 0 Å². The van der Waals surface area contributed by atoms with E-state index in [2.05, 4.69) is 23.0 Å². The number of rotatable bonds is 7. The van der Waals surface area contributed by atoms with Crippen LogP contribution in [0.15, 0.2) is 30.6 Å². The van der Waals surface area contributed by atoms with Gasteiger partial charge >= 0.3 is 0 Å². The Morgan fingerprint density at radius 2 is 2.20 bits per heavy atom. The van der Waals surface area contributed by atoms with Gasteiger partial charge in [-0.2, -0.15) is 0 Å². The normalized spacial score (nSPS) is 12.3. The molecule has 1 aromatic carbocycles. The summed E-state index contributed by atoms with van der Waals surface area (Å²) < 4.78 is 5.40. The van der Waals surface area contributed by atoms with Gasteiger partial charge in [0.25, 0.3) is 0 Å². The van der Waals surface area contributed by atoms with Gasteiger partial charge in [-0.15, -0.1) is 0 Å². The molecule has 4 heteroatoms. The standard InChI is InChI=1S/C16H23N3O/c1-3-4-5-6-14(17)12-7-8-15(20-2)13(11-12)16-18-9-10-19-16/h7-11,14H,3-6,17H2,1-2H3,(H,18,19). The lowest BCUT2D eigenvalue weighted by atomic mass is 9.99. The zero-order chi connectivity index (χ0) is 14.4. The number of nitrogens with two attached hydrogens (primary N) is 1. The van der Waals surface area contributed by atoms with E-state index >= 15 is 0 Å². The molecule has 1 aromatic heterocycles. The largest absolute Gasteiger partial charge is 0.496 e. The number of hydrogen-bond donors (Lipinski definition) is 2. The molecule has 0 saturated carbocycles. The molecular weight excluding hydrogens is 250 g/mol. The van der Waals surface area contributed by atoms with Crippen LogP contribution in [0.3, 0.4) is 0 Å². The maximum Gasteiger partial charge on any atom is 0.141 e. The molecule has 2 rings (SSSR count). The summed E-state index contributed by atoms with van der Waals surface area (Å²) in [5.41, 5.74) is 8.37. The summed E-state index contributed by atoms with van der Waals surface area (Å²) in [7, 11) is 1.67. The van der Waals surface area contributed by atoms with Crippen molar-refractivity contribution >= 4 is 0 Å². The van der Waals surface area contributed by atoms with Gasteiger partial charge in [0.2, 0.25) is 0 Å². The number of nitrogens with one attached hydrogen (secondary N) is 1. The highest BCUT2D eigenvalue weighted by Gasteiger charge is 2.12. The second-order valence-electron chi connectivity index (χ2n) is 5.00. The van der Waals surface area contributed by atoms with Crippen molar-refractivity contribution in [2.75, 3.05) is 7.11 Å². The molecule has 0 radical (unpaired) electrons. The quantitative estimate of drug-likeness (QED) is 0.757. The van der Waals surface area contributed by atoms with Crippen molar-refractivity contribution in [2.24, 2.45) is 5.73 Å². The Bertz CT molecular complexity index is 523. The van der Waals surface area contributed by atoms with Crippen LogP contribution < -0.4 is 10.5 Å². The third kappa shape index (κ3) is 3.39. The molecule has 1 atom stereocenters. The first kappa shape index (κ1) is 14.6. The van der Waals surface area contributed by atoms with Crippen LogP contribution in [0.2, 0.25) is 0 Å². The number of aromatic nitrogens is 2. The minimum absolute atomic E-state index is 0.0705. The fourth-order valence-corrected chi connectivity index (χ4v) is 2.33. The van der Waals surface area contributed by atoms with Crippen LogP contribution in [-0.4, -0.2) is 17.1 Å². The third-order valence-electron chi connectivity index (χ3n) is 3.52. The lowest BCUT2D eigenvalue weighted by Crippen LogP contribution is -2.10. The van der Waals surface area contributed by atoms with E-state index in [1.165, 1.54) is 19.3 Å². The van der Waals surface area contributed by atoms with Gasteiger partial charge in [0.15, 0.2) is 0 Å². The molecule has 4 nitrogen and oxygen atoms in total. The molecule has 1 heterocycles. The topological polar surface area (TPSA) is 63.9 Å². The van der Waals surface area contributed by atoms with Gasteiger partial charge in [-0.05, 0) is 24.1 Å². The molecule has 1 unspecified atom stereocenters. The van der Waals surface area contributed by atoms with Crippen molar-refractivity contribution in [3.8, 4) is 17.1 Å². The Morgan fingerprint density at radius 3 is 2.85 bits per heavy atom. The zero-order valence-corrected chi connectivity index (χ0v) is 12.2. The van der Waals surface area contributed by atoms with Crippen LogP contribution in [0.4, 0.5) is 0 Å². The SMILES string of the molecule is CCCCCC(N)c1ccc(OC)c(-c2ncc[nH]2)c1. The number of aromatic amines is 1. The maximum atomic E-state index is 6.28. The molecule has 2 aromatic rings. The van der Waals surface area contributed by atoms with Crippen molar-refractivity contribution in [1.29, 1.82) is 0 Å². The Kier molecular flexibility index (Phi) is 5.18. The van der Waals surface area contributed by atoms with Crippen LogP contribution in [0.1, 0.15) is 44.2 Å². The highest BCUT2D eigenvalue weighted by molar-refractivity contribution is 5.65. The van der Waals surface area contributed by atoms with Crippen LogP contribution >= 0.6 is 0 Å². The van der Waals surface area contributed by atoms with E-state index < -0.39 is 0 Å². The number of unbranched alkanes of at least 4 members (excludes halogenated alkanes) is 2. The molecule has 0 aliphatic heterocycles. The number of benzene rings is 1. The number of imidazole rings is 1. The van der Waals surface area contributed by atoms with Crippen LogP contribution in [0.25, 0.3) is 11.4 Å². The fourth-order valence-electron chi connectivity index (χ4n) is 2.33. The Balaban J connectivity index is 2.21. The predicted molar refractivity (Wildman–Crippen MR) is 81.6 cm³/mol. The van der Waals surface area contributed by atoms with Gasteiger partial charge in [0.05, 0.1) is 12.7 Å². The van der Waals surface area contributed by atoms with E-state index in [1.54, 1.807) is 13.3 Å². The Morgan fingerprint density at radius 1 is 1.35 bits per heavy atom. The summed E-state index contributed by atoms with van der Waals surface area (Å²) in [6.07, 6.45) is 8.17. The molecule has 0 aliphatic rings. The molecule has 0 spiro atoms. The van der Waals surface area contributed by atoms with Crippen molar-refractivity contribution in [1.82, 2.24) is 9.97 Å². The second kappa shape index (κ2) is 7.10. The van der Waals surface area contributed by atoms with E-state index in [4.69, 9.17) is 10.5 Å². The van der Waals surface area contributed by atoms with E-state index in [0.717, 1.165) is 29.1 Å². The Labute approximate surface area is 120 Å². The first-order valence-corrected chi connectivity index (χ1v) is 7.19. The van der Waals surface area contributed by atoms with Crippen molar-refractivity contribution in [3.63, 3.8) is 0 Å². The highest BCUT2D eigenvalue weighted by atomic mass is 16.5. The van der Waals surface area contributed by atoms with E-state index in [-0.39, 0.29) is 6.04 Å². The molecule has 108 valence electrons. The summed E-state index contributed by atoms with van der Waals surface area (Å²) in [6.45, 7) is 2.20. The zero-order valence-electron chi connectivity index (χ0n) is 12.2. The van der Waals surface area contributed by atoms with Crippen molar-refractivity contribution in [2.45, 2.75) is 38.6 Å². The maximum absolute atomic E-state index is 6.28. The second-order valence-corrected chi connectivity index (χ2v) is 5.00. The minimum Gasteiger partial charge on any atom is -0.496 e. The van der Waals surface area contributed by atoms with Gasteiger partial charge in [0, 0.05) is 18.4 Å². The van der Waals surface area contributed by atoms with Gasteiger partial charge in [-0.25, -0.2) is 4.98 Å². The molecule has 0 fully saturated rings. The van der Waals surface area contributed by atoms with Gasteiger partial charge < -0.3 is 15.5 Å². The molecule has 0 saturated heterocycles. The minimum atomic E-state index is 0.0705. The summed E-state index contributed by atoms with van der Waals surface area (Å²) in [5.74, 6) is 1.62. The average Bonchev–Trinajstić information content (AvgIpc) is 3.00. The number of ether oxygens (including phenoxy) is 1. The number of methoxy groups -OCH3 is 1. The van der Waals surface area contributed by atoms with Gasteiger partial charge in [-0.1, -0.05) is 32.3 Å². The summed E-state index contributed by atoms with van der Waals surface area (Å²) in [6, 6.07) is 6.16. The Hall–Kier alpha value is -1.81. The molecule has 20 heavy (non-hydrogen) atoms. The predicted octanol–water partition coefficient (Wildman–Crippen LogP) is 3.67. The van der Waals surface area contributed by atoms with E-state index in [1.807, 2.05) is 18.3 Å². The molecule has 0 bridgehead atoms. The average molecular weight is 273 g/mol. The van der Waals surface area contributed by atoms with Crippen molar-refractivity contribution < 1.29 is 4.74 Å². The van der Waals surface area contributed by atoms with Gasteiger partial charge in [0.1, 0.15) is 11.6 Å². The van der Waals surface area contributed by atoms with Crippen LogP contribution in [0, 0.1) is 0 Å². The van der Waals surface area contributed by atoms with Crippen molar-refractivity contribution in [3.05, 3.63) is 36.2 Å². The van der Waals surface area contributed by atoms with Crippen LogP contribution in [-0.2, 0) is 0 Å². The lowest BCUT2D eigenvalue weighted by molar-refractivity contribution is 0.416. The van der Waals surface area contributed by atoms with Crippen LogP contribution in [0.5, 0.6) is 5.75 Å².